The number of hydrogen-bond donors (Lipinski definition) is 7. The van der Waals surface area contributed by atoms with Crippen LogP contribution in [-0.4, -0.2) is 70.3 Å². The summed E-state index contributed by atoms with van der Waals surface area (Å²) in [5.41, 5.74) is 5.47. The van der Waals surface area contributed by atoms with E-state index < -0.39 is 60.8 Å². The lowest BCUT2D eigenvalue weighted by atomic mass is 10.1. The van der Waals surface area contributed by atoms with Crippen LogP contribution in [0.3, 0.4) is 0 Å². The molecule has 3 amide bonds. The first-order valence-corrected chi connectivity index (χ1v) is 7.90. The Labute approximate surface area is 149 Å². The number of nitrogens with two attached hydrogens (primary N) is 1. The number of hydrogen-bond acceptors (Lipinski definition) is 7. The van der Waals surface area contributed by atoms with Crippen LogP contribution in [0.15, 0.2) is 0 Å². The van der Waals surface area contributed by atoms with E-state index in [2.05, 4.69) is 28.6 Å². The van der Waals surface area contributed by atoms with Crippen molar-refractivity contribution in [3.8, 4) is 0 Å². The topological polar surface area (TPSA) is 188 Å². The Morgan fingerprint density at radius 3 is 2.16 bits per heavy atom. The van der Waals surface area contributed by atoms with Crippen molar-refractivity contribution in [2.24, 2.45) is 5.73 Å². The first kappa shape index (κ1) is 22.7. The third kappa shape index (κ3) is 9.52. The Morgan fingerprint density at radius 2 is 1.68 bits per heavy atom. The predicted octanol–water partition coefficient (Wildman–Crippen LogP) is -2.70. The van der Waals surface area contributed by atoms with Crippen molar-refractivity contribution >= 4 is 42.3 Å². The Bertz CT molecular complexity index is 529. The minimum absolute atomic E-state index is 0.0224. The summed E-state index contributed by atoms with van der Waals surface area (Å²) >= 11 is 3.85. The molecule has 0 aliphatic rings. The maximum atomic E-state index is 12.1. The Balaban J connectivity index is 4.69. The van der Waals surface area contributed by atoms with Gasteiger partial charge in [0.25, 0.3) is 0 Å². The maximum absolute atomic E-state index is 12.1. The first-order chi connectivity index (χ1) is 11.6. The molecule has 0 fully saturated rings. The highest BCUT2D eigenvalue weighted by Crippen LogP contribution is 1.99. The number of thiol groups is 1. The summed E-state index contributed by atoms with van der Waals surface area (Å²) in [5.74, 6) is -4.62. The zero-order chi connectivity index (χ0) is 19.6. The van der Waals surface area contributed by atoms with Gasteiger partial charge in [-0.15, -0.1) is 0 Å². The lowest BCUT2D eigenvalue weighted by molar-refractivity contribution is -0.141. The molecule has 0 saturated carbocycles. The van der Waals surface area contributed by atoms with Gasteiger partial charge in [0, 0.05) is 12.2 Å². The number of rotatable bonds is 11. The van der Waals surface area contributed by atoms with Crippen LogP contribution in [0, 0.1) is 0 Å². The van der Waals surface area contributed by atoms with Crippen molar-refractivity contribution in [3.63, 3.8) is 0 Å². The van der Waals surface area contributed by atoms with E-state index in [-0.39, 0.29) is 12.2 Å². The molecule has 7 N–H and O–H groups in total. The Morgan fingerprint density at radius 1 is 1.08 bits per heavy atom. The fraction of sp³-hybridized carbons (Fsp3) is 0.615. The molecule has 0 aromatic carbocycles. The smallest absolute Gasteiger partial charge is 0.325 e. The number of amides is 3. The van der Waals surface area contributed by atoms with Crippen molar-refractivity contribution in [1.82, 2.24) is 16.0 Å². The van der Waals surface area contributed by atoms with Crippen LogP contribution in [0.5, 0.6) is 0 Å². The second-order valence-electron chi connectivity index (χ2n) is 5.13. The molecule has 142 valence electrons. The molecule has 0 radical (unpaired) electrons. The molecule has 3 unspecified atom stereocenters. The van der Waals surface area contributed by atoms with Gasteiger partial charge in [0.1, 0.15) is 12.1 Å². The van der Waals surface area contributed by atoms with Crippen LogP contribution in [0.25, 0.3) is 0 Å². The highest BCUT2D eigenvalue weighted by atomic mass is 32.1. The van der Waals surface area contributed by atoms with Gasteiger partial charge in [-0.2, -0.15) is 12.6 Å². The van der Waals surface area contributed by atoms with Crippen molar-refractivity contribution in [2.45, 2.75) is 37.9 Å². The molecular weight excluding hydrogens is 356 g/mol. The van der Waals surface area contributed by atoms with Gasteiger partial charge in [0.05, 0.1) is 12.6 Å². The molecule has 0 spiro atoms. The van der Waals surface area contributed by atoms with Crippen molar-refractivity contribution in [2.75, 3.05) is 12.3 Å². The Hall–Kier alpha value is -2.34. The van der Waals surface area contributed by atoms with Crippen LogP contribution in [0.1, 0.15) is 19.8 Å². The normalized spacial score (nSPS) is 13.9. The first-order valence-electron chi connectivity index (χ1n) is 7.27. The highest BCUT2D eigenvalue weighted by Gasteiger charge is 2.24. The van der Waals surface area contributed by atoms with E-state index in [4.69, 9.17) is 15.9 Å². The lowest BCUT2D eigenvalue weighted by Gasteiger charge is -2.19. The van der Waals surface area contributed by atoms with Crippen LogP contribution in [0.4, 0.5) is 0 Å². The fourth-order valence-corrected chi connectivity index (χ4v) is 1.71. The summed E-state index contributed by atoms with van der Waals surface area (Å²) in [5, 5.41) is 24.0. The van der Waals surface area contributed by atoms with E-state index in [1.165, 1.54) is 6.92 Å². The van der Waals surface area contributed by atoms with E-state index in [0.717, 1.165) is 0 Å². The number of carbonyl (C=O) groups excluding carboxylic acids is 3. The summed E-state index contributed by atoms with van der Waals surface area (Å²) in [4.78, 5) is 56.6. The molecule has 3 atom stereocenters. The van der Waals surface area contributed by atoms with Gasteiger partial charge in [-0.05, 0) is 13.3 Å². The number of carboxylic acids is 2. The number of aliphatic carboxylic acids is 2. The summed E-state index contributed by atoms with van der Waals surface area (Å²) in [6, 6.07) is -3.33. The number of carboxylic acid groups (broad SMARTS) is 2. The van der Waals surface area contributed by atoms with E-state index in [1.807, 2.05) is 0 Å². The van der Waals surface area contributed by atoms with E-state index in [9.17, 15) is 24.0 Å². The van der Waals surface area contributed by atoms with Gasteiger partial charge in [0.2, 0.25) is 17.7 Å². The molecule has 0 rings (SSSR count). The van der Waals surface area contributed by atoms with Crippen molar-refractivity contribution in [3.05, 3.63) is 0 Å². The predicted molar refractivity (Wildman–Crippen MR) is 88.9 cm³/mol. The average Bonchev–Trinajstić information content (AvgIpc) is 2.54. The molecule has 0 bridgehead atoms. The average molecular weight is 378 g/mol. The van der Waals surface area contributed by atoms with Crippen LogP contribution in [0.2, 0.25) is 0 Å². The fourth-order valence-electron chi connectivity index (χ4n) is 1.54. The molecule has 0 aliphatic carbocycles. The molecule has 0 aromatic rings. The van der Waals surface area contributed by atoms with E-state index in [0.29, 0.717) is 0 Å². The van der Waals surface area contributed by atoms with E-state index >= 15 is 0 Å². The standard InChI is InChI=1S/C13H22N4O7S/c1-6(13(23)24)16-9(18)4-15-12(22)8(2-3-10(19)20)17-11(21)7(14)5-25/h6-8,25H,2-5,14H2,1H3,(H,15,22)(H,16,18)(H,17,21)(H,19,20)(H,23,24). The molecule has 0 saturated heterocycles. The molecule has 12 heteroatoms. The van der Waals surface area contributed by atoms with Gasteiger partial charge in [-0.25, -0.2) is 0 Å². The largest absolute Gasteiger partial charge is 0.481 e. The van der Waals surface area contributed by atoms with E-state index in [1.54, 1.807) is 0 Å². The number of nitrogens with one attached hydrogen (secondary N) is 3. The molecule has 0 heterocycles. The highest BCUT2D eigenvalue weighted by molar-refractivity contribution is 7.80. The third-order valence-corrected chi connectivity index (χ3v) is 3.38. The Kier molecular flexibility index (Phi) is 10.2. The van der Waals surface area contributed by atoms with Crippen LogP contribution >= 0.6 is 12.6 Å². The minimum Gasteiger partial charge on any atom is -0.481 e. The second-order valence-corrected chi connectivity index (χ2v) is 5.49. The molecular formula is C13H22N4O7S. The quantitative estimate of drug-likeness (QED) is 0.189. The van der Waals surface area contributed by atoms with Gasteiger partial charge in [-0.3, -0.25) is 24.0 Å². The monoisotopic (exact) mass is 378 g/mol. The SMILES string of the molecule is CC(NC(=O)CNC(=O)C(CCC(=O)O)NC(=O)C(N)CS)C(=O)O. The van der Waals surface area contributed by atoms with Crippen LogP contribution < -0.4 is 21.7 Å². The second kappa shape index (κ2) is 11.3. The van der Waals surface area contributed by atoms with Gasteiger partial charge in [0.15, 0.2) is 0 Å². The van der Waals surface area contributed by atoms with Crippen molar-refractivity contribution < 1.29 is 34.2 Å². The zero-order valence-electron chi connectivity index (χ0n) is 13.5. The molecule has 25 heavy (non-hydrogen) atoms. The summed E-state index contributed by atoms with van der Waals surface area (Å²) < 4.78 is 0. The minimum atomic E-state index is -1.24. The summed E-state index contributed by atoms with van der Waals surface area (Å²) in [6.45, 7) is 0.714. The number of carbonyl (C=O) groups is 5. The van der Waals surface area contributed by atoms with Gasteiger partial charge < -0.3 is 31.9 Å². The molecule has 0 aliphatic heterocycles. The summed E-state index contributed by atoms with van der Waals surface area (Å²) in [7, 11) is 0. The zero-order valence-corrected chi connectivity index (χ0v) is 14.4. The van der Waals surface area contributed by atoms with Gasteiger partial charge in [-0.1, -0.05) is 0 Å². The van der Waals surface area contributed by atoms with Gasteiger partial charge >= 0.3 is 11.9 Å². The van der Waals surface area contributed by atoms with Crippen molar-refractivity contribution in [1.29, 1.82) is 0 Å². The van der Waals surface area contributed by atoms with Crippen LogP contribution in [-0.2, 0) is 24.0 Å². The summed E-state index contributed by atoms with van der Waals surface area (Å²) in [6.07, 6.45) is -0.601. The molecule has 0 aromatic heterocycles. The molecule has 11 nitrogen and oxygen atoms in total. The third-order valence-electron chi connectivity index (χ3n) is 2.98. The lowest BCUT2D eigenvalue weighted by Crippen LogP contribution is -2.53. The maximum Gasteiger partial charge on any atom is 0.325 e.